The van der Waals surface area contributed by atoms with E-state index in [0.29, 0.717) is 12.3 Å². The summed E-state index contributed by atoms with van der Waals surface area (Å²) in [5, 5.41) is 0. The number of hydrogen-bond donors (Lipinski definition) is 0. The molecule has 0 spiro atoms. The standard InChI is InChI=1S/C17H24N2O/c1-18(2)16-11-9-15(10-12-16)7-6-8-17(20)19-13-4-3-5-14-19/h3-4,9-12H,5-8,13-14H2,1-2H3. The first kappa shape index (κ1) is 14.6. The van der Waals surface area contributed by atoms with Gasteiger partial charge in [-0.05, 0) is 37.0 Å². The molecule has 0 aliphatic carbocycles. The van der Waals surface area contributed by atoms with Crippen LogP contribution in [0.5, 0.6) is 0 Å². The number of aryl methyl sites for hydroxylation is 1. The maximum Gasteiger partial charge on any atom is 0.222 e. The fraction of sp³-hybridized carbons (Fsp3) is 0.471. The molecule has 0 N–H and O–H groups in total. The Balaban J connectivity index is 1.75. The maximum absolute atomic E-state index is 12.0. The zero-order chi connectivity index (χ0) is 14.4. The topological polar surface area (TPSA) is 23.6 Å². The molecular formula is C17H24N2O. The molecule has 20 heavy (non-hydrogen) atoms. The molecule has 0 aromatic heterocycles. The molecule has 1 aromatic carbocycles. The van der Waals surface area contributed by atoms with Crippen molar-refractivity contribution in [1.29, 1.82) is 0 Å². The van der Waals surface area contributed by atoms with Gasteiger partial charge in [0.1, 0.15) is 0 Å². The molecule has 3 nitrogen and oxygen atoms in total. The van der Waals surface area contributed by atoms with Crippen LogP contribution in [0.3, 0.4) is 0 Å². The van der Waals surface area contributed by atoms with E-state index >= 15 is 0 Å². The summed E-state index contributed by atoms with van der Waals surface area (Å²) >= 11 is 0. The monoisotopic (exact) mass is 272 g/mol. The third kappa shape index (κ3) is 4.12. The van der Waals surface area contributed by atoms with E-state index in [4.69, 9.17) is 0 Å². The van der Waals surface area contributed by atoms with E-state index in [2.05, 4.69) is 41.3 Å². The number of rotatable bonds is 5. The summed E-state index contributed by atoms with van der Waals surface area (Å²) in [7, 11) is 4.08. The van der Waals surface area contributed by atoms with Gasteiger partial charge in [-0.15, -0.1) is 0 Å². The van der Waals surface area contributed by atoms with E-state index in [0.717, 1.165) is 32.4 Å². The number of anilines is 1. The molecule has 0 bridgehead atoms. The quantitative estimate of drug-likeness (QED) is 0.770. The minimum Gasteiger partial charge on any atom is -0.378 e. The number of amides is 1. The van der Waals surface area contributed by atoms with Gasteiger partial charge < -0.3 is 9.80 Å². The number of hydrogen-bond acceptors (Lipinski definition) is 2. The molecule has 108 valence electrons. The van der Waals surface area contributed by atoms with Gasteiger partial charge in [-0.25, -0.2) is 0 Å². The summed E-state index contributed by atoms with van der Waals surface area (Å²) in [5.74, 6) is 0.291. The van der Waals surface area contributed by atoms with E-state index in [9.17, 15) is 4.79 Å². The lowest BCUT2D eigenvalue weighted by atomic mass is 10.1. The first-order chi connectivity index (χ1) is 9.66. The first-order valence-electron chi connectivity index (χ1n) is 7.36. The van der Waals surface area contributed by atoms with Crippen molar-refractivity contribution in [2.45, 2.75) is 25.7 Å². The summed E-state index contributed by atoms with van der Waals surface area (Å²) in [6.45, 7) is 1.67. The molecule has 1 heterocycles. The second kappa shape index (κ2) is 7.13. The summed E-state index contributed by atoms with van der Waals surface area (Å²) in [6.07, 6.45) is 7.79. The van der Waals surface area contributed by atoms with Crippen molar-refractivity contribution in [3.05, 3.63) is 42.0 Å². The second-order valence-corrected chi connectivity index (χ2v) is 5.51. The van der Waals surface area contributed by atoms with Crippen LogP contribution in [0, 0.1) is 0 Å². The van der Waals surface area contributed by atoms with Gasteiger partial charge in [0.2, 0.25) is 5.91 Å². The Morgan fingerprint density at radius 2 is 1.95 bits per heavy atom. The Bertz CT molecular complexity index is 462. The predicted octanol–water partition coefficient (Wildman–Crippen LogP) is 2.86. The van der Waals surface area contributed by atoms with Crippen LogP contribution in [0.25, 0.3) is 0 Å². The van der Waals surface area contributed by atoms with Crippen molar-refractivity contribution in [3.63, 3.8) is 0 Å². The highest BCUT2D eigenvalue weighted by atomic mass is 16.2. The maximum atomic E-state index is 12.0. The van der Waals surface area contributed by atoms with Crippen LogP contribution in [0.2, 0.25) is 0 Å². The summed E-state index contributed by atoms with van der Waals surface area (Å²) < 4.78 is 0. The number of carbonyl (C=O) groups excluding carboxylic acids is 1. The lowest BCUT2D eigenvalue weighted by molar-refractivity contribution is -0.130. The van der Waals surface area contributed by atoms with Gasteiger partial charge in [0.15, 0.2) is 0 Å². The summed E-state index contributed by atoms with van der Waals surface area (Å²) in [5.41, 5.74) is 2.52. The van der Waals surface area contributed by atoms with E-state index in [1.165, 1.54) is 11.3 Å². The molecule has 0 atom stereocenters. The SMILES string of the molecule is CN(C)c1ccc(CCCC(=O)N2CC=CCC2)cc1. The van der Waals surface area contributed by atoms with Gasteiger partial charge >= 0.3 is 0 Å². The molecule has 1 aliphatic heterocycles. The molecule has 1 aliphatic rings. The molecule has 1 amide bonds. The molecular weight excluding hydrogens is 248 g/mol. The highest BCUT2D eigenvalue weighted by Crippen LogP contribution is 2.14. The Kier molecular flexibility index (Phi) is 5.22. The minimum atomic E-state index is 0.291. The lowest BCUT2D eigenvalue weighted by Crippen LogP contribution is -2.33. The average Bonchev–Trinajstić information content (AvgIpc) is 2.48. The van der Waals surface area contributed by atoms with Gasteiger partial charge in [-0.2, -0.15) is 0 Å². The third-order valence-electron chi connectivity index (χ3n) is 3.72. The summed E-state index contributed by atoms with van der Waals surface area (Å²) in [6, 6.07) is 8.58. The highest BCUT2D eigenvalue weighted by Gasteiger charge is 2.12. The number of nitrogens with zero attached hydrogens (tertiary/aromatic N) is 2. The molecule has 0 unspecified atom stereocenters. The molecule has 2 rings (SSSR count). The zero-order valence-electron chi connectivity index (χ0n) is 12.5. The van der Waals surface area contributed by atoms with E-state index in [1.54, 1.807) is 0 Å². The molecule has 3 heteroatoms. The third-order valence-corrected chi connectivity index (χ3v) is 3.72. The van der Waals surface area contributed by atoms with E-state index in [1.807, 2.05) is 19.0 Å². The smallest absolute Gasteiger partial charge is 0.222 e. The van der Waals surface area contributed by atoms with Crippen molar-refractivity contribution >= 4 is 11.6 Å². The highest BCUT2D eigenvalue weighted by molar-refractivity contribution is 5.76. The van der Waals surface area contributed by atoms with E-state index < -0.39 is 0 Å². The van der Waals surface area contributed by atoms with Crippen molar-refractivity contribution in [2.24, 2.45) is 0 Å². The van der Waals surface area contributed by atoms with Crippen LogP contribution in [-0.4, -0.2) is 38.0 Å². The van der Waals surface area contributed by atoms with Crippen LogP contribution in [-0.2, 0) is 11.2 Å². The van der Waals surface area contributed by atoms with Crippen molar-refractivity contribution in [2.75, 3.05) is 32.1 Å². The Morgan fingerprint density at radius 3 is 2.55 bits per heavy atom. The van der Waals surface area contributed by atoms with E-state index in [-0.39, 0.29) is 0 Å². The lowest BCUT2D eigenvalue weighted by Gasteiger charge is -2.23. The minimum absolute atomic E-state index is 0.291. The van der Waals surface area contributed by atoms with Crippen LogP contribution in [0.15, 0.2) is 36.4 Å². The molecule has 0 radical (unpaired) electrons. The second-order valence-electron chi connectivity index (χ2n) is 5.51. The van der Waals surface area contributed by atoms with Crippen LogP contribution in [0.1, 0.15) is 24.8 Å². The van der Waals surface area contributed by atoms with Gasteiger partial charge in [0, 0.05) is 39.3 Å². The molecule has 0 saturated carbocycles. The first-order valence-corrected chi connectivity index (χ1v) is 7.36. The van der Waals surface area contributed by atoms with Gasteiger partial charge in [-0.1, -0.05) is 24.3 Å². The normalized spacial score (nSPS) is 14.4. The van der Waals surface area contributed by atoms with Gasteiger partial charge in [0.05, 0.1) is 0 Å². The van der Waals surface area contributed by atoms with Gasteiger partial charge in [-0.3, -0.25) is 4.79 Å². The Hall–Kier alpha value is -1.77. The Morgan fingerprint density at radius 1 is 1.20 bits per heavy atom. The largest absolute Gasteiger partial charge is 0.378 e. The molecule has 1 aromatic rings. The number of carbonyl (C=O) groups is 1. The zero-order valence-corrected chi connectivity index (χ0v) is 12.5. The fourth-order valence-corrected chi connectivity index (χ4v) is 2.43. The van der Waals surface area contributed by atoms with Crippen molar-refractivity contribution in [1.82, 2.24) is 4.90 Å². The fourth-order valence-electron chi connectivity index (χ4n) is 2.43. The Labute approximate surface area is 121 Å². The van der Waals surface area contributed by atoms with Crippen LogP contribution in [0.4, 0.5) is 5.69 Å². The van der Waals surface area contributed by atoms with Crippen molar-refractivity contribution in [3.8, 4) is 0 Å². The number of benzene rings is 1. The predicted molar refractivity (Wildman–Crippen MR) is 84.0 cm³/mol. The van der Waals surface area contributed by atoms with Crippen molar-refractivity contribution < 1.29 is 4.79 Å². The van der Waals surface area contributed by atoms with Crippen LogP contribution >= 0.6 is 0 Å². The average molecular weight is 272 g/mol. The molecule has 0 saturated heterocycles. The molecule has 0 fully saturated rings. The summed E-state index contributed by atoms with van der Waals surface area (Å²) in [4.78, 5) is 16.1. The van der Waals surface area contributed by atoms with Gasteiger partial charge in [0.25, 0.3) is 0 Å². The van der Waals surface area contributed by atoms with Crippen LogP contribution < -0.4 is 4.90 Å².